The fourth-order valence-corrected chi connectivity index (χ4v) is 5.88. The van der Waals surface area contributed by atoms with Crippen LogP contribution in [0.5, 0.6) is 5.75 Å². The van der Waals surface area contributed by atoms with Crippen LogP contribution in [0, 0.1) is 0 Å². The van der Waals surface area contributed by atoms with E-state index in [2.05, 4.69) is 20.6 Å². The Kier molecular flexibility index (Phi) is 8.88. The third-order valence-corrected chi connectivity index (χ3v) is 8.17. The monoisotopic (exact) mass is 629 g/mol. The van der Waals surface area contributed by atoms with Crippen molar-refractivity contribution in [2.45, 2.75) is 45.3 Å². The summed E-state index contributed by atoms with van der Waals surface area (Å²) < 4.78 is 61.0. The lowest BCUT2D eigenvalue weighted by molar-refractivity contribution is -0.137. The molecule has 2 aromatic carbocycles. The Hall–Kier alpha value is -4.46. The largest absolute Gasteiger partial charge is 0.495 e. The second-order valence-corrected chi connectivity index (χ2v) is 11.2. The van der Waals surface area contributed by atoms with E-state index in [0.717, 1.165) is 25.9 Å². The molecule has 1 aromatic heterocycles. The van der Waals surface area contributed by atoms with E-state index in [0.29, 0.717) is 29.6 Å². The Balaban J connectivity index is 1.46. The van der Waals surface area contributed by atoms with Gasteiger partial charge in [0.05, 0.1) is 36.1 Å². The predicted molar refractivity (Wildman–Crippen MR) is 161 cm³/mol. The van der Waals surface area contributed by atoms with Crippen molar-refractivity contribution in [3.8, 4) is 5.75 Å². The maximum atomic E-state index is 14.1. The molecule has 0 radical (unpaired) electrons. The number of carbonyl (C=O) groups excluding carboxylic acids is 2. The van der Waals surface area contributed by atoms with Crippen molar-refractivity contribution >= 4 is 35.0 Å². The van der Waals surface area contributed by atoms with Crippen LogP contribution in [-0.2, 0) is 11.7 Å². The van der Waals surface area contributed by atoms with Gasteiger partial charge in [0.1, 0.15) is 23.8 Å². The van der Waals surface area contributed by atoms with Crippen LogP contribution in [0.15, 0.2) is 42.6 Å². The Morgan fingerprint density at radius 3 is 2.49 bits per heavy atom. The average Bonchev–Trinajstić information content (AvgIpc) is 3.60. The highest BCUT2D eigenvalue weighted by molar-refractivity contribution is 6.05. The van der Waals surface area contributed by atoms with Crippen LogP contribution in [0.4, 0.5) is 40.7 Å². The molecule has 2 aliphatic heterocycles. The molecule has 0 aliphatic carbocycles. The predicted octanol–water partition coefficient (Wildman–Crippen LogP) is 6.12. The Morgan fingerprint density at radius 1 is 1.11 bits per heavy atom. The van der Waals surface area contributed by atoms with E-state index in [1.54, 1.807) is 49.2 Å². The number of halogens is 4. The van der Waals surface area contributed by atoms with Gasteiger partial charge in [-0.15, -0.1) is 0 Å². The van der Waals surface area contributed by atoms with Crippen LogP contribution >= 0.6 is 0 Å². The molecule has 1 fully saturated rings. The van der Waals surface area contributed by atoms with Gasteiger partial charge in [-0.2, -0.15) is 18.2 Å². The van der Waals surface area contributed by atoms with E-state index in [1.807, 2.05) is 11.9 Å². The number of hydrogen-bond donors (Lipinski definition) is 2. The molecular formula is C31H35F4N7O3. The quantitative estimate of drug-likeness (QED) is 0.259. The Morgan fingerprint density at radius 2 is 1.84 bits per heavy atom. The second-order valence-electron chi connectivity index (χ2n) is 11.2. The fraction of sp³-hybridized carbons (Fsp3) is 0.419. The smallest absolute Gasteiger partial charge is 0.421 e. The highest BCUT2D eigenvalue weighted by Crippen LogP contribution is 2.43. The van der Waals surface area contributed by atoms with Gasteiger partial charge in [0, 0.05) is 31.4 Å². The van der Waals surface area contributed by atoms with Crippen LogP contribution in [-0.4, -0.2) is 76.7 Å². The van der Waals surface area contributed by atoms with Crippen LogP contribution in [0.2, 0.25) is 0 Å². The van der Waals surface area contributed by atoms with Gasteiger partial charge >= 0.3 is 6.18 Å². The molecule has 2 N–H and O–H groups in total. The van der Waals surface area contributed by atoms with Gasteiger partial charge in [-0.3, -0.25) is 14.6 Å². The number of hydrogen-bond acceptors (Lipinski definition) is 8. The van der Waals surface area contributed by atoms with Crippen molar-refractivity contribution in [2.75, 3.05) is 50.6 Å². The first-order valence-corrected chi connectivity index (χ1v) is 14.6. The molecule has 0 spiro atoms. The number of methoxy groups -OCH3 is 1. The molecule has 3 aromatic rings. The minimum absolute atomic E-state index is 0.0982. The zero-order valence-electron chi connectivity index (χ0n) is 25.5. The molecule has 0 bridgehead atoms. The number of carbonyl (C=O) groups is 2. The van der Waals surface area contributed by atoms with Gasteiger partial charge in [0.2, 0.25) is 5.95 Å². The summed E-state index contributed by atoms with van der Waals surface area (Å²) in [6, 6.07) is 9.50. The summed E-state index contributed by atoms with van der Waals surface area (Å²) in [7, 11) is 1.41. The number of hydrazine groups is 1. The lowest BCUT2D eigenvalue weighted by atomic mass is 9.93. The SMILES string of the molecule is CCN(C(=O)c1ccc(Nc2ncc(C(F)(F)F)c(Nc3cccc4c3C(=O)N(CCF)C4(C)C)n2)c(OC)c1)N1CCCC1. The van der Waals surface area contributed by atoms with Gasteiger partial charge in [-0.1, -0.05) is 12.1 Å². The number of nitrogens with one attached hydrogen (secondary N) is 2. The minimum atomic E-state index is -4.82. The fourth-order valence-electron chi connectivity index (χ4n) is 5.88. The van der Waals surface area contributed by atoms with Crippen LogP contribution in [0.3, 0.4) is 0 Å². The second kappa shape index (κ2) is 12.5. The molecule has 14 heteroatoms. The molecule has 0 saturated carbocycles. The van der Waals surface area contributed by atoms with Crippen molar-refractivity contribution in [2.24, 2.45) is 0 Å². The Labute approximate surface area is 258 Å². The lowest BCUT2D eigenvalue weighted by Crippen LogP contribution is -2.44. The van der Waals surface area contributed by atoms with E-state index in [-0.39, 0.29) is 35.4 Å². The third kappa shape index (κ3) is 6.10. The van der Waals surface area contributed by atoms with E-state index < -0.39 is 35.7 Å². The molecule has 1 saturated heterocycles. The maximum absolute atomic E-state index is 14.1. The highest BCUT2D eigenvalue weighted by atomic mass is 19.4. The van der Waals surface area contributed by atoms with E-state index in [9.17, 15) is 27.2 Å². The van der Waals surface area contributed by atoms with E-state index in [1.165, 1.54) is 18.1 Å². The molecule has 45 heavy (non-hydrogen) atoms. The highest BCUT2D eigenvalue weighted by Gasteiger charge is 2.44. The average molecular weight is 630 g/mol. The number of rotatable bonds is 10. The molecule has 240 valence electrons. The maximum Gasteiger partial charge on any atom is 0.421 e. The summed E-state index contributed by atoms with van der Waals surface area (Å²) in [4.78, 5) is 35.9. The summed E-state index contributed by atoms with van der Waals surface area (Å²) in [5.41, 5.74) is -0.510. The topological polar surface area (TPSA) is 103 Å². The van der Waals surface area contributed by atoms with E-state index in [4.69, 9.17) is 4.74 Å². The molecule has 0 unspecified atom stereocenters. The van der Waals surface area contributed by atoms with Crippen molar-refractivity contribution in [3.63, 3.8) is 0 Å². The molecule has 2 amide bonds. The summed E-state index contributed by atoms with van der Waals surface area (Å²) in [5, 5.41) is 9.28. The number of fused-ring (bicyclic) bond motifs is 1. The number of aromatic nitrogens is 2. The van der Waals surface area contributed by atoms with Crippen molar-refractivity contribution in [1.82, 2.24) is 24.9 Å². The summed E-state index contributed by atoms with van der Waals surface area (Å²) >= 11 is 0. The van der Waals surface area contributed by atoms with Gasteiger partial charge < -0.3 is 20.3 Å². The number of alkyl halides is 4. The lowest BCUT2D eigenvalue weighted by Gasteiger charge is -2.31. The van der Waals surface area contributed by atoms with Crippen LogP contribution < -0.4 is 15.4 Å². The van der Waals surface area contributed by atoms with Gasteiger partial charge in [-0.25, -0.2) is 14.4 Å². The zero-order chi connectivity index (χ0) is 32.5. The number of benzene rings is 2. The number of amides is 2. The van der Waals surface area contributed by atoms with Crippen LogP contribution in [0.25, 0.3) is 0 Å². The van der Waals surface area contributed by atoms with Crippen molar-refractivity contribution in [3.05, 3.63) is 64.8 Å². The summed E-state index contributed by atoms with van der Waals surface area (Å²) in [6.45, 7) is 6.58. The first-order valence-electron chi connectivity index (χ1n) is 14.6. The Bertz CT molecular complexity index is 1590. The van der Waals surface area contributed by atoms with Crippen LogP contribution in [0.1, 0.15) is 65.5 Å². The number of ether oxygens (including phenoxy) is 1. The van der Waals surface area contributed by atoms with Crippen molar-refractivity contribution < 1.29 is 31.9 Å². The normalized spacial score (nSPS) is 16.1. The number of anilines is 4. The standard InChI is InChI=1S/C31H35F4N7O3/c1-5-42(40-14-6-7-15-40)27(43)19-11-12-22(24(17-19)45-4)38-29-36-18-21(31(33,34)35)26(39-29)37-23-10-8-9-20-25(23)28(44)41(16-13-32)30(20,2)3/h8-12,17-18H,5-7,13-16H2,1-4H3,(H2,36,37,38,39). The van der Waals surface area contributed by atoms with Gasteiger partial charge in [0.15, 0.2) is 0 Å². The van der Waals surface area contributed by atoms with Crippen molar-refractivity contribution in [1.29, 1.82) is 0 Å². The van der Waals surface area contributed by atoms with Gasteiger partial charge in [0.25, 0.3) is 11.8 Å². The molecular weight excluding hydrogens is 594 g/mol. The molecule has 5 rings (SSSR count). The third-order valence-electron chi connectivity index (χ3n) is 8.17. The summed E-state index contributed by atoms with van der Waals surface area (Å²) in [6.07, 6.45) is -2.15. The molecule has 2 aliphatic rings. The summed E-state index contributed by atoms with van der Waals surface area (Å²) in [5.74, 6) is -1.20. The van der Waals surface area contributed by atoms with Gasteiger partial charge in [-0.05, 0) is 63.4 Å². The molecule has 0 atom stereocenters. The number of nitrogens with zero attached hydrogens (tertiary/aromatic N) is 5. The van der Waals surface area contributed by atoms with E-state index >= 15 is 0 Å². The molecule has 10 nitrogen and oxygen atoms in total. The first-order chi connectivity index (χ1) is 21.4. The zero-order valence-corrected chi connectivity index (χ0v) is 25.5. The first kappa shape index (κ1) is 31.9. The molecule has 3 heterocycles. The minimum Gasteiger partial charge on any atom is -0.495 e.